The van der Waals surface area contributed by atoms with Crippen LogP contribution in [0, 0.1) is 0 Å². The first-order chi connectivity index (χ1) is 26.8. The number of nitrogens with zero attached hydrogens (tertiary/aromatic N) is 5. The lowest BCUT2D eigenvalue weighted by atomic mass is 10.0. The number of pyridine rings is 1. The smallest absolute Gasteiger partial charge is 0.137 e. The van der Waals surface area contributed by atoms with Gasteiger partial charge in [0, 0.05) is 39.0 Å². The summed E-state index contributed by atoms with van der Waals surface area (Å²) in [7, 11) is 0. The number of hydrogen-bond acceptors (Lipinski definition) is 3. The van der Waals surface area contributed by atoms with Crippen molar-refractivity contribution in [2.45, 2.75) is 12.3 Å². The minimum absolute atomic E-state index is 0.239. The Morgan fingerprint density at radius 2 is 1.20 bits per heavy atom. The van der Waals surface area contributed by atoms with Gasteiger partial charge in [-0.25, -0.2) is 4.98 Å². The van der Waals surface area contributed by atoms with Gasteiger partial charge in [0.25, 0.3) is 0 Å². The fraction of sp³-hybridized carbons (Fsp3) is 0.0417. The van der Waals surface area contributed by atoms with Gasteiger partial charge in [-0.2, -0.15) is 0 Å². The van der Waals surface area contributed by atoms with Crippen LogP contribution in [-0.4, -0.2) is 20.0 Å². The monoisotopic (exact) mass is 693 g/mol. The highest BCUT2D eigenvalue weighted by Gasteiger charge is 2.21. The fourth-order valence-electron chi connectivity index (χ4n) is 8.25. The number of para-hydroxylation sites is 2. The molecule has 6 heteroatoms. The maximum absolute atomic E-state index is 5.16. The highest BCUT2D eigenvalue weighted by molar-refractivity contribution is 6.25. The maximum Gasteiger partial charge on any atom is 0.137 e. The SMILES string of the molecule is c1ccc(C2=NC(c3ccc(-n4c5ccccc5c5cc6c7c8ccccc8ccc7n(-c7ccccc7)c6cc54)nc3)[N-]C(c3ccccc3)N2)cc1. The summed E-state index contributed by atoms with van der Waals surface area (Å²) in [6.45, 7) is 0. The molecule has 3 aromatic heterocycles. The molecule has 0 amide bonds. The van der Waals surface area contributed by atoms with Crippen molar-refractivity contribution in [3.63, 3.8) is 0 Å². The third-order valence-corrected chi connectivity index (χ3v) is 10.7. The Hall–Kier alpha value is -7.02. The molecule has 256 valence electrons. The molecule has 0 bridgehead atoms. The van der Waals surface area contributed by atoms with Gasteiger partial charge in [-0.1, -0.05) is 133 Å². The molecule has 2 atom stereocenters. The molecule has 1 aliphatic heterocycles. The topological polar surface area (TPSA) is 61.2 Å². The summed E-state index contributed by atoms with van der Waals surface area (Å²) < 4.78 is 4.70. The Balaban J connectivity index is 1.09. The van der Waals surface area contributed by atoms with E-state index >= 15 is 0 Å². The van der Waals surface area contributed by atoms with Crippen LogP contribution in [0.2, 0.25) is 0 Å². The number of rotatable bonds is 5. The second kappa shape index (κ2) is 12.3. The summed E-state index contributed by atoms with van der Waals surface area (Å²) in [6.07, 6.45) is 1.29. The Morgan fingerprint density at radius 1 is 0.500 bits per heavy atom. The van der Waals surface area contributed by atoms with E-state index in [1.807, 2.05) is 42.6 Å². The molecule has 4 heterocycles. The molecular weight excluding hydrogens is 661 g/mol. The fourth-order valence-corrected chi connectivity index (χ4v) is 8.25. The van der Waals surface area contributed by atoms with E-state index in [0.717, 1.165) is 50.6 Å². The lowest BCUT2D eigenvalue weighted by molar-refractivity contribution is 0.629. The number of nitrogens with one attached hydrogen (secondary N) is 1. The van der Waals surface area contributed by atoms with Crippen molar-refractivity contribution in [3.8, 4) is 11.5 Å². The summed E-state index contributed by atoms with van der Waals surface area (Å²) in [5.74, 6) is 1.67. The van der Waals surface area contributed by atoms with Crippen LogP contribution in [0.15, 0.2) is 187 Å². The number of aromatic nitrogens is 3. The standard InChI is InChI=1S/C48H33N6/c1-4-15-32(16-5-1)46-50-47(33-17-6-2-7-18-33)52-48(51-46)34-25-27-44(49-30-34)54-40-23-13-12-22-37(40)38-28-39-43(29-42(38)54)53(35-19-8-3-9-20-35)41-26-24-31-14-10-11-21-36(31)45(39)41/h1-30,46,48H,(H,50,52)/q-1. The minimum Gasteiger partial charge on any atom is -0.613 e. The van der Waals surface area contributed by atoms with E-state index in [9.17, 15) is 0 Å². The third-order valence-electron chi connectivity index (χ3n) is 10.7. The molecule has 6 nitrogen and oxygen atoms in total. The van der Waals surface area contributed by atoms with Crippen LogP contribution in [0.5, 0.6) is 0 Å². The molecule has 0 saturated carbocycles. The van der Waals surface area contributed by atoms with Crippen molar-refractivity contribution in [1.29, 1.82) is 0 Å². The molecule has 0 radical (unpaired) electrons. The van der Waals surface area contributed by atoms with Crippen LogP contribution in [0.3, 0.4) is 0 Å². The van der Waals surface area contributed by atoms with Crippen molar-refractivity contribution in [2.75, 3.05) is 0 Å². The lowest BCUT2D eigenvalue weighted by Crippen LogP contribution is -2.34. The predicted octanol–water partition coefficient (Wildman–Crippen LogP) is 11.6. The van der Waals surface area contributed by atoms with E-state index in [2.05, 4.69) is 154 Å². The van der Waals surface area contributed by atoms with Gasteiger partial charge >= 0.3 is 0 Å². The Bertz CT molecular complexity index is 3040. The average molecular weight is 694 g/mol. The van der Waals surface area contributed by atoms with E-state index in [0.29, 0.717) is 0 Å². The molecular formula is C48H33N6-. The van der Waals surface area contributed by atoms with Crippen LogP contribution in [0.25, 0.3) is 71.2 Å². The molecule has 0 spiro atoms. The van der Waals surface area contributed by atoms with Crippen LogP contribution in [0.4, 0.5) is 0 Å². The molecule has 2 unspecified atom stereocenters. The molecule has 0 aliphatic carbocycles. The molecule has 11 rings (SSSR count). The quantitative estimate of drug-likeness (QED) is 0.195. The lowest BCUT2D eigenvalue weighted by Gasteiger charge is -2.43. The van der Waals surface area contributed by atoms with Crippen LogP contribution >= 0.6 is 0 Å². The summed E-state index contributed by atoms with van der Waals surface area (Å²) in [6, 6.07) is 62.1. The number of fused-ring (bicyclic) bond motifs is 8. The van der Waals surface area contributed by atoms with E-state index in [1.54, 1.807) is 0 Å². The van der Waals surface area contributed by atoms with Crippen molar-refractivity contribution in [1.82, 2.24) is 19.4 Å². The van der Waals surface area contributed by atoms with E-state index < -0.39 is 6.17 Å². The van der Waals surface area contributed by atoms with Crippen molar-refractivity contribution in [2.24, 2.45) is 4.99 Å². The summed E-state index contributed by atoms with van der Waals surface area (Å²) >= 11 is 0. The Morgan fingerprint density at radius 3 is 2.00 bits per heavy atom. The van der Waals surface area contributed by atoms with Crippen molar-refractivity contribution in [3.05, 3.63) is 204 Å². The van der Waals surface area contributed by atoms with Gasteiger partial charge in [0.05, 0.1) is 22.1 Å². The van der Waals surface area contributed by atoms with Crippen LogP contribution in [-0.2, 0) is 0 Å². The predicted molar refractivity (Wildman–Crippen MR) is 222 cm³/mol. The number of amidine groups is 1. The van der Waals surface area contributed by atoms with Crippen LogP contribution in [0.1, 0.15) is 29.0 Å². The molecule has 10 aromatic rings. The van der Waals surface area contributed by atoms with Gasteiger partial charge in [-0.15, -0.1) is 0 Å². The zero-order valence-corrected chi connectivity index (χ0v) is 29.2. The molecule has 1 N–H and O–H groups in total. The third kappa shape index (κ3) is 4.85. The first-order valence-corrected chi connectivity index (χ1v) is 18.3. The van der Waals surface area contributed by atoms with E-state index in [1.165, 1.54) is 37.8 Å². The highest BCUT2D eigenvalue weighted by atomic mass is 15.3. The highest BCUT2D eigenvalue weighted by Crippen LogP contribution is 2.42. The van der Waals surface area contributed by atoms with Gasteiger partial charge in [0.1, 0.15) is 11.7 Å². The summed E-state index contributed by atoms with van der Waals surface area (Å²) in [5, 5.41) is 16.1. The van der Waals surface area contributed by atoms with Gasteiger partial charge < -0.3 is 15.2 Å². The number of hydrogen-bond donors (Lipinski definition) is 1. The molecule has 0 fully saturated rings. The molecule has 0 saturated heterocycles. The summed E-state index contributed by atoms with van der Waals surface area (Å²) in [4.78, 5) is 10.2. The van der Waals surface area contributed by atoms with Gasteiger partial charge in [0.15, 0.2) is 0 Å². The van der Waals surface area contributed by atoms with Crippen LogP contribution < -0.4 is 5.32 Å². The summed E-state index contributed by atoms with van der Waals surface area (Å²) in [5.41, 5.74) is 8.75. The normalized spacial score (nSPS) is 16.0. The van der Waals surface area contributed by atoms with E-state index in [4.69, 9.17) is 15.3 Å². The number of aliphatic imine (C=N–C) groups is 1. The minimum atomic E-state index is -0.414. The maximum atomic E-state index is 5.16. The van der Waals surface area contributed by atoms with Gasteiger partial charge in [-0.05, 0) is 76.7 Å². The van der Waals surface area contributed by atoms with Gasteiger partial charge in [-0.3, -0.25) is 9.56 Å². The second-order valence-corrected chi connectivity index (χ2v) is 13.9. The van der Waals surface area contributed by atoms with Crippen molar-refractivity contribution < 1.29 is 0 Å². The van der Waals surface area contributed by atoms with Gasteiger partial charge in [0.2, 0.25) is 0 Å². The second-order valence-electron chi connectivity index (χ2n) is 13.9. The van der Waals surface area contributed by atoms with Crippen molar-refractivity contribution >= 4 is 60.2 Å². The largest absolute Gasteiger partial charge is 0.613 e. The molecule has 54 heavy (non-hydrogen) atoms. The zero-order valence-electron chi connectivity index (χ0n) is 29.2. The number of benzene rings is 7. The zero-order chi connectivity index (χ0) is 35.6. The Kier molecular flexibility index (Phi) is 6.97. The molecule has 1 aliphatic rings. The average Bonchev–Trinajstić information content (AvgIpc) is 3.76. The van der Waals surface area contributed by atoms with E-state index in [-0.39, 0.29) is 6.17 Å². The first kappa shape index (κ1) is 30.6. The first-order valence-electron chi connectivity index (χ1n) is 18.3. The Labute approximate surface area is 311 Å². The molecule has 7 aromatic carbocycles.